The van der Waals surface area contributed by atoms with E-state index in [1.165, 1.54) is 5.56 Å². The lowest BCUT2D eigenvalue weighted by Crippen LogP contribution is -2.28. The Morgan fingerprint density at radius 3 is 2.32 bits per heavy atom. The molecule has 3 rings (SSSR count). The Morgan fingerprint density at radius 1 is 1.12 bits per heavy atom. The van der Waals surface area contributed by atoms with Crippen molar-refractivity contribution in [2.45, 2.75) is 27.2 Å². The van der Waals surface area contributed by atoms with Gasteiger partial charge in [0.05, 0.1) is 5.92 Å². The molecule has 25 heavy (non-hydrogen) atoms. The van der Waals surface area contributed by atoms with Crippen molar-refractivity contribution in [3.8, 4) is 0 Å². The van der Waals surface area contributed by atoms with E-state index in [0.29, 0.717) is 6.54 Å². The highest BCUT2D eigenvalue weighted by Gasteiger charge is 2.35. The standard InChI is InChI=1S/C20H21BrN2O2/c1-12-8-13(2)19(14(3)9-12)22-20(25)15-10-18(24)23(11-15)17-6-4-16(21)5-7-17/h4-9,15H,10-11H2,1-3H3,(H,22,25)/t15-/m0/s1. The SMILES string of the molecule is Cc1cc(C)c(NC(=O)[C@H]2CC(=O)N(c3ccc(Br)cc3)C2)c(C)c1. The predicted octanol–water partition coefficient (Wildman–Crippen LogP) is 4.37. The first-order chi connectivity index (χ1) is 11.8. The minimum atomic E-state index is -0.337. The lowest BCUT2D eigenvalue weighted by atomic mass is 10.0. The summed E-state index contributed by atoms with van der Waals surface area (Å²) in [5, 5.41) is 3.02. The summed E-state index contributed by atoms with van der Waals surface area (Å²) < 4.78 is 0.961. The summed E-state index contributed by atoms with van der Waals surface area (Å²) in [5.41, 5.74) is 4.93. The third kappa shape index (κ3) is 3.76. The molecule has 2 amide bonds. The maximum Gasteiger partial charge on any atom is 0.229 e. The number of nitrogens with zero attached hydrogens (tertiary/aromatic N) is 1. The van der Waals surface area contributed by atoms with Crippen LogP contribution in [0.3, 0.4) is 0 Å². The number of carbonyl (C=O) groups is 2. The maximum atomic E-state index is 12.7. The molecular formula is C20H21BrN2O2. The lowest BCUT2D eigenvalue weighted by Gasteiger charge is -2.18. The van der Waals surface area contributed by atoms with Crippen molar-refractivity contribution in [2.24, 2.45) is 5.92 Å². The molecule has 1 atom stereocenters. The van der Waals surface area contributed by atoms with Crippen LogP contribution in [0.25, 0.3) is 0 Å². The fraction of sp³-hybridized carbons (Fsp3) is 0.300. The zero-order valence-electron chi connectivity index (χ0n) is 14.6. The van der Waals surface area contributed by atoms with E-state index in [-0.39, 0.29) is 24.2 Å². The van der Waals surface area contributed by atoms with Crippen molar-refractivity contribution < 1.29 is 9.59 Å². The van der Waals surface area contributed by atoms with Crippen LogP contribution in [0.1, 0.15) is 23.1 Å². The second-order valence-electron chi connectivity index (χ2n) is 6.64. The maximum absolute atomic E-state index is 12.7. The number of hydrogen-bond donors (Lipinski definition) is 1. The Labute approximate surface area is 156 Å². The van der Waals surface area contributed by atoms with E-state index in [9.17, 15) is 9.59 Å². The molecule has 0 saturated carbocycles. The van der Waals surface area contributed by atoms with Crippen molar-refractivity contribution in [1.29, 1.82) is 0 Å². The van der Waals surface area contributed by atoms with Gasteiger partial charge in [0, 0.05) is 28.8 Å². The van der Waals surface area contributed by atoms with Gasteiger partial charge in [-0.2, -0.15) is 0 Å². The van der Waals surface area contributed by atoms with Crippen molar-refractivity contribution in [2.75, 3.05) is 16.8 Å². The fourth-order valence-corrected chi connectivity index (χ4v) is 3.62. The van der Waals surface area contributed by atoms with Crippen LogP contribution in [0.2, 0.25) is 0 Å². The molecule has 1 aliphatic rings. The molecule has 130 valence electrons. The van der Waals surface area contributed by atoms with Crippen LogP contribution < -0.4 is 10.2 Å². The van der Waals surface area contributed by atoms with Crippen LogP contribution in [0.5, 0.6) is 0 Å². The Kier molecular flexibility index (Phi) is 4.95. The first kappa shape index (κ1) is 17.7. The van der Waals surface area contributed by atoms with Gasteiger partial charge in [-0.25, -0.2) is 0 Å². The summed E-state index contributed by atoms with van der Waals surface area (Å²) in [6.07, 6.45) is 0.242. The highest BCUT2D eigenvalue weighted by molar-refractivity contribution is 9.10. The summed E-state index contributed by atoms with van der Waals surface area (Å²) in [5.74, 6) is -0.445. The molecule has 0 spiro atoms. The fourth-order valence-electron chi connectivity index (χ4n) is 3.36. The van der Waals surface area contributed by atoms with E-state index in [4.69, 9.17) is 0 Å². The van der Waals surface area contributed by atoms with E-state index in [1.807, 2.05) is 45.0 Å². The number of benzene rings is 2. The van der Waals surface area contributed by atoms with Gasteiger partial charge in [-0.05, 0) is 56.2 Å². The monoisotopic (exact) mass is 400 g/mol. The normalized spacial score (nSPS) is 17.0. The van der Waals surface area contributed by atoms with Crippen molar-refractivity contribution in [1.82, 2.24) is 0 Å². The molecule has 0 aromatic heterocycles. The van der Waals surface area contributed by atoms with Gasteiger partial charge in [-0.3, -0.25) is 9.59 Å². The van der Waals surface area contributed by atoms with Gasteiger partial charge in [0.25, 0.3) is 0 Å². The third-order valence-corrected chi connectivity index (χ3v) is 5.09. The van der Waals surface area contributed by atoms with Crippen LogP contribution in [0.4, 0.5) is 11.4 Å². The van der Waals surface area contributed by atoms with Gasteiger partial charge in [-0.1, -0.05) is 33.6 Å². The molecule has 0 bridgehead atoms. The number of hydrogen-bond acceptors (Lipinski definition) is 2. The Balaban J connectivity index is 1.74. The number of nitrogens with one attached hydrogen (secondary N) is 1. The van der Waals surface area contributed by atoms with Crippen molar-refractivity contribution >= 4 is 39.1 Å². The number of anilines is 2. The topological polar surface area (TPSA) is 49.4 Å². The first-order valence-electron chi connectivity index (χ1n) is 8.30. The smallest absolute Gasteiger partial charge is 0.229 e. The molecule has 1 saturated heterocycles. The Bertz CT molecular complexity index is 807. The van der Waals surface area contributed by atoms with Gasteiger partial charge in [0.2, 0.25) is 11.8 Å². The number of carbonyl (C=O) groups excluding carboxylic acids is 2. The van der Waals surface area contributed by atoms with Gasteiger partial charge >= 0.3 is 0 Å². The summed E-state index contributed by atoms with van der Waals surface area (Å²) in [4.78, 5) is 26.7. The zero-order valence-corrected chi connectivity index (χ0v) is 16.2. The molecule has 0 radical (unpaired) electrons. The molecule has 2 aromatic rings. The molecule has 1 aliphatic heterocycles. The molecule has 1 N–H and O–H groups in total. The Hall–Kier alpha value is -2.14. The quantitative estimate of drug-likeness (QED) is 0.831. The van der Waals surface area contributed by atoms with Gasteiger partial charge < -0.3 is 10.2 Å². The van der Waals surface area contributed by atoms with Gasteiger partial charge in [0.15, 0.2) is 0 Å². The van der Waals surface area contributed by atoms with E-state index < -0.39 is 0 Å². The van der Waals surface area contributed by atoms with Crippen LogP contribution in [-0.4, -0.2) is 18.4 Å². The third-order valence-electron chi connectivity index (χ3n) is 4.56. The minimum absolute atomic E-state index is 0.0141. The van der Waals surface area contributed by atoms with E-state index >= 15 is 0 Å². The summed E-state index contributed by atoms with van der Waals surface area (Å²) >= 11 is 3.39. The average Bonchev–Trinajstić information content (AvgIpc) is 2.93. The van der Waals surface area contributed by atoms with E-state index in [1.54, 1.807) is 4.90 Å². The van der Waals surface area contributed by atoms with Crippen molar-refractivity contribution in [3.05, 3.63) is 57.6 Å². The molecule has 1 heterocycles. The molecular weight excluding hydrogens is 380 g/mol. The minimum Gasteiger partial charge on any atom is -0.325 e. The molecule has 0 unspecified atom stereocenters. The lowest BCUT2D eigenvalue weighted by molar-refractivity contribution is -0.122. The summed E-state index contributed by atoms with van der Waals surface area (Å²) in [7, 11) is 0. The largest absolute Gasteiger partial charge is 0.325 e. The van der Waals surface area contributed by atoms with Crippen molar-refractivity contribution in [3.63, 3.8) is 0 Å². The van der Waals surface area contributed by atoms with Crippen LogP contribution in [-0.2, 0) is 9.59 Å². The summed E-state index contributed by atoms with van der Waals surface area (Å²) in [6, 6.07) is 11.7. The number of rotatable bonds is 3. The molecule has 0 aliphatic carbocycles. The van der Waals surface area contributed by atoms with Crippen LogP contribution >= 0.6 is 15.9 Å². The second kappa shape index (κ2) is 7.00. The van der Waals surface area contributed by atoms with E-state index in [0.717, 1.165) is 27.0 Å². The molecule has 1 fully saturated rings. The van der Waals surface area contributed by atoms with Crippen LogP contribution in [0, 0.1) is 26.7 Å². The van der Waals surface area contributed by atoms with Gasteiger partial charge in [0.1, 0.15) is 0 Å². The molecule has 5 heteroatoms. The zero-order chi connectivity index (χ0) is 18.1. The first-order valence-corrected chi connectivity index (χ1v) is 9.09. The Morgan fingerprint density at radius 2 is 1.72 bits per heavy atom. The summed E-state index contributed by atoms with van der Waals surface area (Å²) in [6.45, 7) is 6.43. The average molecular weight is 401 g/mol. The van der Waals surface area contributed by atoms with Crippen LogP contribution in [0.15, 0.2) is 40.9 Å². The van der Waals surface area contributed by atoms with E-state index in [2.05, 4.69) is 33.4 Å². The molecule has 2 aromatic carbocycles. The highest BCUT2D eigenvalue weighted by atomic mass is 79.9. The molecule has 4 nitrogen and oxygen atoms in total. The number of amides is 2. The number of aryl methyl sites for hydroxylation is 3. The van der Waals surface area contributed by atoms with Gasteiger partial charge in [-0.15, -0.1) is 0 Å². The predicted molar refractivity (Wildman–Crippen MR) is 104 cm³/mol. The number of halogens is 1. The second-order valence-corrected chi connectivity index (χ2v) is 7.56. The highest BCUT2D eigenvalue weighted by Crippen LogP contribution is 2.28.